The molecule has 15 heavy (non-hydrogen) atoms. The van der Waals surface area contributed by atoms with E-state index in [4.69, 9.17) is 10.8 Å². The molecule has 0 fully saturated rings. The monoisotopic (exact) mass is 200 g/mol. The Hall–Kier alpha value is -1.87. The van der Waals surface area contributed by atoms with Crippen LogP contribution in [0.3, 0.4) is 0 Å². The van der Waals surface area contributed by atoms with Crippen molar-refractivity contribution >= 4 is 0 Å². The molecule has 0 atom stereocenters. The topological polar surface area (TPSA) is 59.1 Å². The lowest BCUT2D eigenvalue weighted by Crippen LogP contribution is -1.95. The average molecular weight is 200 g/mol. The van der Waals surface area contributed by atoms with Crippen LogP contribution in [-0.2, 0) is 6.54 Å². The molecule has 1 aromatic carbocycles. The van der Waals surface area contributed by atoms with E-state index in [2.05, 4.69) is 4.98 Å². The predicted molar refractivity (Wildman–Crippen MR) is 59.2 cm³/mol. The van der Waals surface area contributed by atoms with Gasteiger partial charge in [-0.05, 0) is 17.7 Å². The average Bonchev–Trinajstić information content (AvgIpc) is 2.30. The van der Waals surface area contributed by atoms with Gasteiger partial charge in [-0.3, -0.25) is 4.98 Å². The lowest BCUT2D eigenvalue weighted by atomic mass is 10.1. The van der Waals surface area contributed by atoms with E-state index in [1.807, 2.05) is 24.3 Å². The van der Waals surface area contributed by atoms with Crippen molar-refractivity contribution in [1.82, 2.24) is 4.98 Å². The second kappa shape index (κ2) is 4.11. The highest BCUT2D eigenvalue weighted by molar-refractivity contribution is 5.59. The summed E-state index contributed by atoms with van der Waals surface area (Å²) in [5.74, 6) is 0.178. The van der Waals surface area contributed by atoms with Crippen LogP contribution in [0.2, 0.25) is 0 Å². The second-order valence-electron chi connectivity index (χ2n) is 3.30. The van der Waals surface area contributed by atoms with Crippen LogP contribution in [0.5, 0.6) is 5.75 Å². The van der Waals surface area contributed by atoms with Gasteiger partial charge in [0, 0.05) is 12.1 Å². The first kappa shape index (κ1) is 9.68. The number of benzene rings is 1. The summed E-state index contributed by atoms with van der Waals surface area (Å²) in [6.07, 6.45) is 1.44. The molecule has 2 rings (SSSR count). The fraction of sp³-hybridized carbons (Fsp3) is 0.0833. The minimum Gasteiger partial charge on any atom is -0.506 e. The summed E-state index contributed by atoms with van der Waals surface area (Å²) in [5.41, 5.74) is 8.47. The molecule has 0 aliphatic heterocycles. The summed E-state index contributed by atoms with van der Waals surface area (Å²) < 4.78 is 0. The van der Waals surface area contributed by atoms with E-state index in [1.165, 1.54) is 6.20 Å². The van der Waals surface area contributed by atoms with Gasteiger partial charge in [0.15, 0.2) is 0 Å². The Morgan fingerprint density at radius 1 is 1.07 bits per heavy atom. The molecule has 76 valence electrons. The number of hydrogen-bond donors (Lipinski definition) is 2. The van der Waals surface area contributed by atoms with Gasteiger partial charge in [0.1, 0.15) is 5.75 Å². The molecule has 3 nitrogen and oxygen atoms in total. The highest BCUT2D eigenvalue weighted by atomic mass is 16.3. The standard InChI is InChI=1S/C12H12N2O/c13-7-9-1-3-10(4-2-9)12-6-5-11(15)8-14-12/h1-6,8,15H,7,13H2. The Labute approximate surface area is 88.2 Å². The normalized spacial score (nSPS) is 10.2. The van der Waals surface area contributed by atoms with Gasteiger partial charge in [-0.25, -0.2) is 0 Å². The van der Waals surface area contributed by atoms with Crippen molar-refractivity contribution in [3.63, 3.8) is 0 Å². The molecular weight excluding hydrogens is 188 g/mol. The van der Waals surface area contributed by atoms with Gasteiger partial charge < -0.3 is 10.8 Å². The van der Waals surface area contributed by atoms with Gasteiger partial charge >= 0.3 is 0 Å². The zero-order valence-corrected chi connectivity index (χ0v) is 8.22. The number of nitrogens with two attached hydrogens (primary N) is 1. The second-order valence-corrected chi connectivity index (χ2v) is 3.30. The van der Waals surface area contributed by atoms with Gasteiger partial charge in [-0.1, -0.05) is 24.3 Å². The van der Waals surface area contributed by atoms with E-state index in [1.54, 1.807) is 12.1 Å². The number of aromatic hydroxyl groups is 1. The Morgan fingerprint density at radius 3 is 2.33 bits per heavy atom. The summed E-state index contributed by atoms with van der Waals surface area (Å²) in [6.45, 7) is 0.545. The number of nitrogens with zero attached hydrogens (tertiary/aromatic N) is 1. The molecule has 0 saturated heterocycles. The van der Waals surface area contributed by atoms with Gasteiger partial charge in [-0.2, -0.15) is 0 Å². The maximum absolute atomic E-state index is 9.11. The van der Waals surface area contributed by atoms with Gasteiger partial charge in [0.05, 0.1) is 11.9 Å². The third-order valence-corrected chi connectivity index (χ3v) is 2.23. The van der Waals surface area contributed by atoms with Crippen molar-refractivity contribution in [3.8, 4) is 17.0 Å². The van der Waals surface area contributed by atoms with E-state index in [9.17, 15) is 0 Å². The zero-order valence-electron chi connectivity index (χ0n) is 8.22. The van der Waals surface area contributed by atoms with Crippen LogP contribution in [0, 0.1) is 0 Å². The fourth-order valence-corrected chi connectivity index (χ4v) is 1.37. The Bertz CT molecular complexity index is 434. The summed E-state index contributed by atoms with van der Waals surface area (Å²) in [5, 5.41) is 9.11. The summed E-state index contributed by atoms with van der Waals surface area (Å²) >= 11 is 0. The molecule has 0 spiro atoms. The third kappa shape index (κ3) is 2.14. The van der Waals surface area contributed by atoms with Crippen molar-refractivity contribution in [2.24, 2.45) is 5.73 Å². The lowest BCUT2D eigenvalue weighted by molar-refractivity contribution is 0.473. The molecule has 0 radical (unpaired) electrons. The van der Waals surface area contributed by atoms with Crippen molar-refractivity contribution in [2.45, 2.75) is 6.54 Å². The van der Waals surface area contributed by atoms with E-state index in [0.717, 1.165) is 16.8 Å². The molecule has 3 heteroatoms. The van der Waals surface area contributed by atoms with Crippen molar-refractivity contribution in [1.29, 1.82) is 0 Å². The largest absolute Gasteiger partial charge is 0.506 e. The van der Waals surface area contributed by atoms with Crippen LogP contribution in [0.15, 0.2) is 42.6 Å². The predicted octanol–water partition coefficient (Wildman–Crippen LogP) is 1.91. The zero-order chi connectivity index (χ0) is 10.7. The fourth-order valence-electron chi connectivity index (χ4n) is 1.37. The van der Waals surface area contributed by atoms with Crippen LogP contribution in [-0.4, -0.2) is 10.1 Å². The highest BCUT2D eigenvalue weighted by Gasteiger charge is 1.98. The summed E-state index contributed by atoms with van der Waals surface area (Å²) in [4.78, 5) is 4.12. The SMILES string of the molecule is NCc1ccc(-c2ccc(O)cn2)cc1. The third-order valence-electron chi connectivity index (χ3n) is 2.23. The molecule has 2 aromatic rings. The Kier molecular flexibility index (Phi) is 2.65. The van der Waals surface area contributed by atoms with Crippen LogP contribution < -0.4 is 5.73 Å². The maximum atomic E-state index is 9.11. The van der Waals surface area contributed by atoms with E-state index < -0.39 is 0 Å². The molecule has 0 unspecified atom stereocenters. The number of aromatic nitrogens is 1. The van der Waals surface area contributed by atoms with E-state index in [0.29, 0.717) is 6.54 Å². The quantitative estimate of drug-likeness (QED) is 0.778. The molecule has 3 N–H and O–H groups in total. The molecular formula is C12H12N2O. The first-order valence-corrected chi connectivity index (χ1v) is 4.74. The van der Waals surface area contributed by atoms with Crippen LogP contribution in [0.4, 0.5) is 0 Å². The van der Waals surface area contributed by atoms with Gasteiger partial charge in [0.25, 0.3) is 0 Å². The van der Waals surface area contributed by atoms with E-state index >= 15 is 0 Å². The smallest absolute Gasteiger partial charge is 0.133 e. The van der Waals surface area contributed by atoms with Gasteiger partial charge in [-0.15, -0.1) is 0 Å². The first-order valence-electron chi connectivity index (χ1n) is 4.74. The molecule has 1 heterocycles. The molecule has 0 bridgehead atoms. The highest BCUT2D eigenvalue weighted by Crippen LogP contribution is 2.19. The Morgan fingerprint density at radius 2 is 1.80 bits per heavy atom. The van der Waals surface area contributed by atoms with Crippen molar-refractivity contribution in [2.75, 3.05) is 0 Å². The number of hydrogen-bond acceptors (Lipinski definition) is 3. The lowest BCUT2D eigenvalue weighted by Gasteiger charge is -2.02. The van der Waals surface area contributed by atoms with Gasteiger partial charge in [0.2, 0.25) is 0 Å². The van der Waals surface area contributed by atoms with Crippen LogP contribution in [0.25, 0.3) is 11.3 Å². The summed E-state index contributed by atoms with van der Waals surface area (Å²) in [7, 11) is 0. The molecule has 0 saturated carbocycles. The first-order chi connectivity index (χ1) is 7.29. The molecule has 0 aliphatic rings. The summed E-state index contributed by atoms with van der Waals surface area (Å²) in [6, 6.07) is 11.3. The Balaban J connectivity index is 2.33. The van der Waals surface area contributed by atoms with Crippen LogP contribution >= 0.6 is 0 Å². The van der Waals surface area contributed by atoms with Crippen LogP contribution in [0.1, 0.15) is 5.56 Å². The minimum absolute atomic E-state index is 0.178. The maximum Gasteiger partial charge on any atom is 0.133 e. The molecule has 0 amide bonds. The molecule has 0 aliphatic carbocycles. The minimum atomic E-state index is 0.178. The van der Waals surface area contributed by atoms with Crippen molar-refractivity contribution < 1.29 is 5.11 Å². The van der Waals surface area contributed by atoms with E-state index in [-0.39, 0.29) is 5.75 Å². The number of pyridine rings is 1. The van der Waals surface area contributed by atoms with Crippen molar-refractivity contribution in [3.05, 3.63) is 48.2 Å². The molecule has 1 aromatic heterocycles. The number of rotatable bonds is 2.